The molecule has 0 aliphatic carbocycles. The number of carbonyl (C=O) groups excluding carboxylic acids is 2. The van der Waals surface area contributed by atoms with Crippen molar-refractivity contribution >= 4 is 35.3 Å². The third-order valence-electron chi connectivity index (χ3n) is 5.61. The maximum atomic E-state index is 13.1. The molecule has 5 nitrogen and oxygen atoms in total. The van der Waals surface area contributed by atoms with Crippen LogP contribution in [0.15, 0.2) is 54.6 Å². The number of benzene rings is 2. The summed E-state index contributed by atoms with van der Waals surface area (Å²) in [5, 5.41) is 3.57. The molecule has 1 spiro atoms. The lowest BCUT2D eigenvalue weighted by molar-refractivity contribution is 0.0580. The number of nitrogens with one attached hydrogen (secondary N) is 1. The Bertz CT molecular complexity index is 885. The number of hydrogen-bond acceptors (Lipinski definition) is 3. The maximum Gasteiger partial charge on any atom is 0.317 e. The normalized spacial score (nSPS) is 18.1. The molecule has 2 heterocycles. The molecule has 2 fully saturated rings. The Labute approximate surface area is 180 Å². The molecule has 152 valence electrons. The molecule has 2 aliphatic heterocycles. The van der Waals surface area contributed by atoms with Gasteiger partial charge < -0.3 is 15.1 Å². The topological polar surface area (TPSA) is 52.7 Å². The minimum absolute atomic E-state index is 0.0273. The van der Waals surface area contributed by atoms with Crippen LogP contribution >= 0.6 is 23.4 Å². The van der Waals surface area contributed by atoms with Gasteiger partial charge in [-0.3, -0.25) is 4.79 Å². The molecule has 0 aromatic heterocycles. The van der Waals surface area contributed by atoms with Gasteiger partial charge in [-0.1, -0.05) is 48.0 Å². The first-order valence-corrected chi connectivity index (χ1v) is 11.2. The molecule has 2 aromatic carbocycles. The van der Waals surface area contributed by atoms with E-state index in [9.17, 15) is 9.59 Å². The van der Waals surface area contributed by atoms with Crippen molar-refractivity contribution in [1.29, 1.82) is 0 Å². The molecule has 29 heavy (non-hydrogen) atoms. The average Bonchev–Trinajstić information content (AvgIpc) is 3.15. The first-order chi connectivity index (χ1) is 14.1. The highest BCUT2D eigenvalue weighted by molar-refractivity contribution is 8.00. The fourth-order valence-corrected chi connectivity index (χ4v) is 5.68. The Morgan fingerprint density at radius 1 is 1.03 bits per heavy atom. The number of hydrogen-bond donors (Lipinski definition) is 1. The summed E-state index contributed by atoms with van der Waals surface area (Å²) in [4.78, 5) is 29.3. The van der Waals surface area contributed by atoms with Crippen molar-refractivity contribution in [3.63, 3.8) is 0 Å². The van der Waals surface area contributed by atoms with Gasteiger partial charge in [0.05, 0.1) is 4.87 Å². The summed E-state index contributed by atoms with van der Waals surface area (Å²) in [6.07, 6.45) is 1.56. The van der Waals surface area contributed by atoms with Crippen LogP contribution in [0, 0.1) is 0 Å². The highest BCUT2D eigenvalue weighted by atomic mass is 35.5. The highest BCUT2D eigenvalue weighted by Crippen LogP contribution is 2.44. The molecule has 0 bridgehead atoms. The van der Waals surface area contributed by atoms with E-state index in [1.807, 2.05) is 64.0 Å². The second-order valence-corrected chi connectivity index (χ2v) is 9.29. The molecule has 0 unspecified atom stereocenters. The van der Waals surface area contributed by atoms with Crippen LogP contribution in [0.4, 0.5) is 4.79 Å². The van der Waals surface area contributed by atoms with Gasteiger partial charge in [0.1, 0.15) is 0 Å². The minimum atomic E-state index is -0.227. The van der Waals surface area contributed by atoms with Crippen LogP contribution in [0.2, 0.25) is 5.02 Å². The molecule has 3 amide bonds. The Morgan fingerprint density at radius 3 is 2.52 bits per heavy atom. The third-order valence-corrected chi connectivity index (χ3v) is 7.40. The lowest BCUT2D eigenvalue weighted by Gasteiger charge is -2.44. The Kier molecular flexibility index (Phi) is 6.01. The number of halogens is 1. The van der Waals surface area contributed by atoms with E-state index in [4.69, 9.17) is 11.6 Å². The van der Waals surface area contributed by atoms with Crippen LogP contribution < -0.4 is 5.32 Å². The first kappa shape index (κ1) is 20.1. The monoisotopic (exact) mass is 429 g/mol. The van der Waals surface area contributed by atoms with Gasteiger partial charge in [-0.15, -0.1) is 11.8 Å². The Balaban J connectivity index is 1.37. The molecular formula is C22H24ClN3O2S. The lowest BCUT2D eigenvalue weighted by atomic mass is 10.0. The summed E-state index contributed by atoms with van der Waals surface area (Å²) in [5.74, 6) is 0.950. The molecule has 4 rings (SSSR count). The number of rotatable bonds is 3. The zero-order valence-corrected chi connectivity index (χ0v) is 17.7. The van der Waals surface area contributed by atoms with E-state index in [1.165, 1.54) is 0 Å². The summed E-state index contributed by atoms with van der Waals surface area (Å²) in [7, 11) is 0. The van der Waals surface area contributed by atoms with Gasteiger partial charge in [-0.2, -0.15) is 0 Å². The number of carbonyl (C=O) groups is 2. The molecule has 2 saturated heterocycles. The van der Waals surface area contributed by atoms with E-state index < -0.39 is 0 Å². The second-order valence-electron chi connectivity index (χ2n) is 7.39. The van der Waals surface area contributed by atoms with Crippen LogP contribution in [-0.2, 0) is 6.54 Å². The zero-order valence-electron chi connectivity index (χ0n) is 16.1. The third kappa shape index (κ3) is 4.38. The van der Waals surface area contributed by atoms with E-state index in [1.54, 1.807) is 12.1 Å². The van der Waals surface area contributed by atoms with E-state index in [-0.39, 0.29) is 16.8 Å². The summed E-state index contributed by atoms with van der Waals surface area (Å²) in [6, 6.07) is 17.0. The molecule has 0 atom stereocenters. The average molecular weight is 430 g/mol. The van der Waals surface area contributed by atoms with Crippen molar-refractivity contribution in [3.8, 4) is 0 Å². The zero-order chi connectivity index (χ0) is 20.3. The fraction of sp³-hybridized carbons (Fsp3) is 0.364. The SMILES string of the molecule is O=C(NCc1ccccc1)N1CCC2(CC1)SCCN2C(=O)c1cccc(Cl)c1. The van der Waals surface area contributed by atoms with Crippen LogP contribution in [0.5, 0.6) is 0 Å². The van der Waals surface area contributed by atoms with E-state index in [2.05, 4.69) is 5.32 Å². The highest BCUT2D eigenvalue weighted by Gasteiger charge is 2.47. The van der Waals surface area contributed by atoms with Gasteiger partial charge in [0.15, 0.2) is 0 Å². The molecular weight excluding hydrogens is 406 g/mol. The van der Waals surface area contributed by atoms with Gasteiger partial charge in [0.2, 0.25) is 0 Å². The predicted molar refractivity (Wildman–Crippen MR) is 117 cm³/mol. The van der Waals surface area contributed by atoms with E-state index in [0.717, 1.165) is 30.7 Å². The van der Waals surface area contributed by atoms with Gasteiger partial charge in [0.25, 0.3) is 5.91 Å². The summed E-state index contributed by atoms with van der Waals surface area (Å²) in [6.45, 7) is 2.55. The summed E-state index contributed by atoms with van der Waals surface area (Å²) in [5.41, 5.74) is 1.71. The van der Waals surface area contributed by atoms with Crippen LogP contribution in [-0.4, -0.2) is 52.0 Å². The molecule has 1 N–H and O–H groups in total. The van der Waals surface area contributed by atoms with Crippen molar-refractivity contribution < 1.29 is 9.59 Å². The van der Waals surface area contributed by atoms with Crippen LogP contribution in [0.1, 0.15) is 28.8 Å². The van der Waals surface area contributed by atoms with Gasteiger partial charge >= 0.3 is 6.03 Å². The number of urea groups is 1. The number of piperidine rings is 1. The number of nitrogens with zero attached hydrogens (tertiary/aromatic N) is 2. The van der Waals surface area contributed by atoms with Crippen LogP contribution in [0.25, 0.3) is 0 Å². The molecule has 2 aliphatic rings. The number of thioether (sulfide) groups is 1. The molecule has 7 heteroatoms. The van der Waals surface area contributed by atoms with Crippen molar-refractivity contribution in [2.24, 2.45) is 0 Å². The second kappa shape index (κ2) is 8.67. The van der Waals surface area contributed by atoms with Gasteiger partial charge in [-0.05, 0) is 36.6 Å². The minimum Gasteiger partial charge on any atom is -0.334 e. The van der Waals surface area contributed by atoms with Gasteiger partial charge in [0, 0.05) is 42.5 Å². The quantitative estimate of drug-likeness (QED) is 0.794. The summed E-state index contributed by atoms with van der Waals surface area (Å²) < 4.78 is 0. The molecule has 0 saturated carbocycles. The molecule has 0 radical (unpaired) electrons. The largest absolute Gasteiger partial charge is 0.334 e. The van der Waals surface area contributed by atoms with E-state index in [0.29, 0.717) is 30.2 Å². The summed E-state index contributed by atoms with van der Waals surface area (Å²) >= 11 is 7.91. The first-order valence-electron chi connectivity index (χ1n) is 9.86. The smallest absolute Gasteiger partial charge is 0.317 e. The number of amides is 3. The standard InChI is InChI=1S/C22H24ClN3O2S/c23-19-8-4-7-18(15-19)20(27)26-13-14-29-22(26)9-11-25(12-10-22)21(28)24-16-17-5-2-1-3-6-17/h1-8,15H,9-14,16H2,(H,24,28). The van der Waals surface area contributed by atoms with Crippen molar-refractivity contribution in [1.82, 2.24) is 15.1 Å². The lowest BCUT2D eigenvalue weighted by Crippen LogP contribution is -2.55. The Hall–Kier alpha value is -2.18. The van der Waals surface area contributed by atoms with Crippen molar-refractivity contribution in [2.75, 3.05) is 25.4 Å². The predicted octanol–water partition coefficient (Wildman–Crippen LogP) is 4.23. The number of likely N-dealkylation sites (tertiary alicyclic amines) is 1. The van der Waals surface area contributed by atoms with E-state index >= 15 is 0 Å². The maximum absolute atomic E-state index is 13.1. The van der Waals surface area contributed by atoms with Crippen molar-refractivity contribution in [2.45, 2.75) is 24.3 Å². The Morgan fingerprint density at radius 2 is 1.79 bits per heavy atom. The van der Waals surface area contributed by atoms with Gasteiger partial charge in [-0.25, -0.2) is 4.79 Å². The van der Waals surface area contributed by atoms with Crippen molar-refractivity contribution in [3.05, 3.63) is 70.7 Å². The van der Waals surface area contributed by atoms with Crippen LogP contribution in [0.3, 0.4) is 0 Å². The fourth-order valence-electron chi connectivity index (χ4n) is 4.03. The molecule has 2 aromatic rings.